The average Bonchev–Trinajstić information content (AvgIpc) is 3.13. The Morgan fingerprint density at radius 3 is 2.48 bits per heavy atom. The summed E-state index contributed by atoms with van der Waals surface area (Å²) in [5.41, 5.74) is 1.52. The van der Waals surface area contributed by atoms with Crippen molar-refractivity contribution in [3.8, 4) is 11.4 Å². The van der Waals surface area contributed by atoms with Crippen molar-refractivity contribution in [3.05, 3.63) is 46.2 Å². The van der Waals surface area contributed by atoms with E-state index in [4.69, 9.17) is 4.52 Å². The van der Waals surface area contributed by atoms with Crippen molar-refractivity contribution in [2.75, 3.05) is 6.26 Å². The number of benzene rings is 1. The van der Waals surface area contributed by atoms with Crippen molar-refractivity contribution < 1.29 is 12.9 Å². The van der Waals surface area contributed by atoms with E-state index in [0.29, 0.717) is 17.3 Å². The average molecular weight is 347 g/mol. The van der Waals surface area contributed by atoms with Crippen molar-refractivity contribution in [2.24, 2.45) is 0 Å². The fraction of sp³-hybridized carbons (Fsp3) is 0.133. The molecule has 0 aliphatic rings. The summed E-state index contributed by atoms with van der Waals surface area (Å²) in [5, 5.41) is 6.82. The summed E-state index contributed by atoms with van der Waals surface area (Å²) in [7, 11) is -3.22. The molecule has 0 bridgehead atoms. The lowest BCUT2D eigenvalue weighted by Crippen LogP contribution is -1.96. The molecule has 8 heteroatoms. The second kappa shape index (κ2) is 6.05. The van der Waals surface area contributed by atoms with E-state index in [1.807, 2.05) is 12.3 Å². The first-order valence-electron chi connectivity index (χ1n) is 6.66. The summed E-state index contributed by atoms with van der Waals surface area (Å²) >= 11 is 1.57. The Labute approximate surface area is 137 Å². The van der Waals surface area contributed by atoms with Crippen LogP contribution in [0.3, 0.4) is 0 Å². The topological polar surface area (TPSA) is 86.0 Å². The van der Waals surface area contributed by atoms with Gasteiger partial charge in [0.1, 0.15) is 0 Å². The van der Waals surface area contributed by atoms with Gasteiger partial charge < -0.3 is 4.52 Å². The third-order valence-electron chi connectivity index (χ3n) is 3.02. The molecule has 0 saturated heterocycles. The Bertz CT molecular complexity index is 954. The van der Waals surface area contributed by atoms with E-state index < -0.39 is 9.84 Å². The minimum atomic E-state index is -3.22. The molecule has 0 N–H and O–H groups in total. The molecule has 118 valence electrons. The molecule has 23 heavy (non-hydrogen) atoms. The quantitative estimate of drug-likeness (QED) is 0.721. The smallest absolute Gasteiger partial charge is 0.251 e. The highest BCUT2D eigenvalue weighted by atomic mass is 32.2. The Balaban J connectivity index is 1.80. The second-order valence-corrected chi connectivity index (χ2v) is 7.96. The van der Waals surface area contributed by atoms with Crippen molar-refractivity contribution in [2.45, 2.75) is 11.8 Å². The minimum absolute atomic E-state index is 0.253. The van der Waals surface area contributed by atoms with Crippen molar-refractivity contribution in [1.29, 1.82) is 0 Å². The molecule has 0 aliphatic carbocycles. The van der Waals surface area contributed by atoms with Crippen LogP contribution >= 0.6 is 11.3 Å². The first-order chi connectivity index (χ1) is 10.9. The van der Waals surface area contributed by atoms with Crippen molar-refractivity contribution in [1.82, 2.24) is 15.1 Å². The van der Waals surface area contributed by atoms with E-state index in [2.05, 4.69) is 15.1 Å². The van der Waals surface area contributed by atoms with Crippen molar-refractivity contribution in [3.63, 3.8) is 0 Å². The third-order valence-corrected chi connectivity index (χ3v) is 4.94. The largest absolute Gasteiger partial charge is 0.334 e. The van der Waals surface area contributed by atoms with Crippen LogP contribution in [-0.2, 0) is 9.84 Å². The van der Waals surface area contributed by atoms with Gasteiger partial charge in [-0.15, -0.1) is 11.3 Å². The fourth-order valence-electron chi connectivity index (χ4n) is 1.88. The van der Waals surface area contributed by atoms with E-state index in [0.717, 1.165) is 10.7 Å². The van der Waals surface area contributed by atoms with Crippen LogP contribution in [0.25, 0.3) is 23.5 Å². The number of sulfone groups is 1. The molecule has 0 saturated carbocycles. The van der Waals surface area contributed by atoms with E-state index in [1.54, 1.807) is 35.6 Å². The zero-order chi connectivity index (χ0) is 16.4. The number of nitrogens with zero attached hydrogens (tertiary/aromatic N) is 3. The van der Waals surface area contributed by atoms with Crippen LogP contribution in [0.5, 0.6) is 0 Å². The molecule has 6 nitrogen and oxygen atoms in total. The number of rotatable bonds is 4. The molecule has 0 amide bonds. The van der Waals surface area contributed by atoms with Crippen LogP contribution in [0.4, 0.5) is 0 Å². The molecule has 2 heterocycles. The summed E-state index contributed by atoms with van der Waals surface area (Å²) in [6.45, 7) is 1.94. The molecule has 0 aliphatic heterocycles. The zero-order valence-corrected chi connectivity index (χ0v) is 14.1. The number of aromatic nitrogens is 3. The highest BCUT2D eigenvalue weighted by Gasteiger charge is 2.10. The Morgan fingerprint density at radius 2 is 1.87 bits per heavy atom. The van der Waals surface area contributed by atoms with Crippen LogP contribution in [0.15, 0.2) is 39.1 Å². The van der Waals surface area contributed by atoms with Gasteiger partial charge in [-0.2, -0.15) is 4.98 Å². The van der Waals surface area contributed by atoms with Gasteiger partial charge in [0.25, 0.3) is 5.89 Å². The van der Waals surface area contributed by atoms with Gasteiger partial charge in [-0.1, -0.05) is 5.16 Å². The zero-order valence-electron chi connectivity index (χ0n) is 12.4. The van der Waals surface area contributed by atoms with Crippen LogP contribution < -0.4 is 0 Å². The van der Waals surface area contributed by atoms with Gasteiger partial charge in [0.2, 0.25) is 5.82 Å². The number of thiazole rings is 1. The summed E-state index contributed by atoms with van der Waals surface area (Å²) in [4.78, 5) is 8.82. The molecular weight excluding hydrogens is 334 g/mol. The van der Waals surface area contributed by atoms with E-state index in [-0.39, 0.29) is 4.90 Å². The molecule has 0 fully saturated rings. The molecule has 3 rings (SSSR count). The van der Waals surface area contributed by atoms with Gasteiger partial charge in [-0.05, 0) is 37.3 Å². The molecule has 2 aromatic heterocycles. The second-order valence-electron chi connectivity index (χ2n) is 4.88. The maximum Gasteiger partial charge on any atom is 0.251 e. The summed E-state index contributed by atoms with van der Waals surface area (Å²) in [5.74, 6) is 0.761. The lowest BCUT2D eigenvalue weighted by atomic mass is 10.2. The lowest BCUT2D eigenvalue weighted by Gasteiger charge is -1.98. The SMILES string of the molecule is Cc1nc(/C=C/c2nc(-c3ccc(S(C)(=O)=O)cc3)no2)cs1. The standard InChI is InChI=1S/C15H13N3O3S2/c1-10-16-12(9-22-10)5-8-14-17-15(18-21-14)11-3-6-13(7-4-11)23(2,19)20/h3-9H,1-2H3/b8-5+. The molecule has 0 atom stereocenters. The molecule has 1 aromatic carbocycles. The first-order valence-corrected chi connectivity index (χ1v) is 9.43. The van der Waals surface area contributed by atoms with E-state index in [9.17, 15) is 8.42 Å². The maximum absolute atomic E-state index is 11.4. The van der Waals surface area contributed by atoms with Gasteiger partial charge >= 0.3 is 0 Å². The van der Waals surface area contributed by atoms with Crippen LogP contribution in [0.1, 0.15) is 16.6 Å². The highest BCUT2D eigenvalue weighted by molar-refractivity contribution is 7.90. The third kappa shape index (κ3) is 3.72. The summed E-state index contributed by atoms with van der Waals surface area (Å²) < 4.78 is 28.0. The van der Waals surface area contributed by atoms with Crippen LogP contribution in [0.2, 0.25) is 0 Å². The monoisotopic (exact) mass is 347 g/mol. The molecule has 0 radical (unpaired) electrons. The van der Waals surface area contributed by atoms with Crippen molar-refractivity contribution >= 4 is 33.3 Å². The van der Waals surface area contributed by atoms with Gasteiger partial charge in [-0.25, -0.2) is 13.4 Å². The van der Waals surface area contributed by atoms with E-state index >= 15 is 0 Å². The van der Waals surface area contributed by atoms with Crippen LogP contribution in [0, 0.1) is 6.92 Å². The normalized spacial score (nSPS) is 12.1. The summed E-state index contributed by atoms with van der Waals surface area (Å²) in [6.07, 6.45) is 4.66. The van der Waals surface area contributed by atoms with Gasteiger partial charge in [0.05, 0.1) is 15.6 Å². The Kier molecular flexibility index (Phi) is 4.10. The molecular formula is C15H13N3O3S2. The molecule has 3 aromatic rings. The Hall–Kier alpha value is -2.32. The van der Waals surface area contributed by atoms with Gasteiger partial charge in [0, 0.05) is 23.3 Å². The number of aryl methyl sites for hydroxylation is 1. The predicted octanol–water partition coefficient (Wildman–Crippen LogP) is 3.08. The van der Waals surface area contributed by atoms with Gasteiger partial charge in [0.15, 0.2) is 9.84 Å². The minimum Gasteiger partial charge on any atom is -0.334 e. The Morgan fingerprint density at radius 1 is 1.13 bits per heavy atom. The summed E-state index contributed by atoms with van der Waals surface area (Å²) in [6, 6.07) is 6.35. The molecule has 0 unspecified atom stereocenters. The van der Waals surface area contributed by atoms with Crippen LogP contribution in [-0.4, -0.2) is 29.8 Å². The number of hydrogen-bond acceptors (Lipinski definition) is 7. The predicted molar refractivity (Wildman–Crippen MR) is 88.6 cm³/mol. The van der Waals surface area contributed by atoms with E-state index in [1.165, 1.54) is 18.4 Å². The molecule has 0 spiro atoms. The maximum atomic E-state index is 11.4. The highest BCUT2D eigenvalue weighted by Crippen LogP contribution is 2.19. The fourth-order valence-corrected chi connectivity index (χ4v) is 3.10. The number of hydrogen-bond donors (Lipinski definition) is 0. The lowest BCUT2D eigenvalue weighted by molar-refractivity contribution is 0.411. The first kappa shape index (κ1) is 15.6. The van der Waals surface area contributed by atoms with Gasteiger partial charge in [-0.3, -0.25) is 0 Å².